The molecule has 4 rings (SSSR count). The van der Waals surface area contributed by atoms with Crippen molar-refractivity contribution in [3.05, 3.63) is 68.1 Å². The number of likely N-dealkylation sites (tertiary alicyclic amines) is 1. The molecule has 1 aromatic carbocycles. The molecule has 0 radical (unpaired) electrons. The molecule has 1 aliphatic heterocycles. The van der Waals surface area contributed by atoms with Crippen LogP contribution in [-0.4, -0.2) is 93.3 Å². The summed E-state index contributed by atoms with van der Waals surface area (Å²) >= 11 is 2.32. The van der Waals surface area contributed by atoms with Gasteiger partial charge in [-0.3, -0.25) is 24.1 Å². The monoisotopic (exact) mass is 768 g/mol. The molecule has 3 heterocycles. The summed E-state index contributed by atoms with van der Waals surface area (Å²) < 4.78 is 5.78. The van der Waals surface area contributed by atoms with Gasteiger partial charge in [0.1, 0.15) is 21.8 Å². The maximum Gasteiger partial charge on any atom is 0.355 e. The van der Waals surface area contributed by atoms with E-state index in [1.165, 1.54) is 23.6 Å². The highest BCUT2D eigenvalue weighted by Gasteiger charge is 2.37. The molecule has 3 amide bonds. The number of carboxylic acid groups (broad SMARTS) is 1. The van der Waals surface area contributed by atoms with Crippen molar-refractivity contribution in [2.75, 3.05) is 20.6 Å². The van der Waals surface area contributed by atoms with Crippen molar-refractivity contribution in [1.29, 1.82) is 0 Å². The number of nitrogens with zero attached hydrogens (tertiary/aromatic N) is 4. The highest BCUT2D eigenvalue weighted by molar-refractivity contribution is 7.10. The van der Waals surface area contributed by atoms with Gasteiger partial charge in [0.15, 0.2) is 11.8 Å². The van der Waals surface area contributed by atoms with Crippen molar-refractivity contribution in [1.82, 2.24) is 30.4 Å². The third-order valence-corrected chi connectivity index (χ3v) is 11.8. The van der Waals surface area contributed by atoms with Crippen molar-refractivity contribution in [3.8, 4) is 0 Å². The van der Waals surface area contributed by atoms with Crippen molar-refractivity contribution in [3.63, 3.8) is 0 Å². The number of piperidine rings is 1. The van der Waals surface area contributed by atoms with E-state index in [0.717, 1.165) is 42.7 Å². The fourth-order valence-corrected chi connectivity index (χ4v) is 8.27. The lowest BCUT2D eigenvalue weighted by Crippen LogP contribution is -2.58. The molecule has 1 fully saturated rings. The number of hydrogen-bond donors (Lipinski definition) is 3. The molecule has 1 aliphatic rings. The number of aromatic carboxylic acids is 1. The molecule has 2 aromatic heterocycles. The summed E-state index contributed by atoms with van der Waals surface area (Å²) in [5.74, 6) is -2.72. The molecule has 288 valence electrons. The summed E-state index contributed by atoms with van der Waals surface area (Å²) in [4.78, 5) is 77.7. The zero-order valence-electron chi connectivity index (χ0n) is 31.5. The van der Waals surface area contributed by atoms with Crippen LogP contribution in [0.25, 0.3) is 0 Å². The van der Waals surface area contributed by atoms with Crippen molar-refractivity contribution in [2.24, 2.45) is 11.8 Å². The van der Waals surface area contributed by atoms with E-state index in [1.54, 1.807) is 17.3 Å². The first-order chi connectivity index (χ1) is 25.2. The van der Waals surface area contributed by atoms with Gasteiger partial charge in [-0.1, -0.05) is 70.9 Å². The SMILES string of the molecule is CC[C@H](C)[C@H](NC(=O)[C@H]1CCCCN1C)C(=O)N(C)[C@H](C[C@@H](OC(C)=O)c1nc(C(=O)NC(Cc2ccccc2)c2nc(C(=O)O)cs2)cs1)C(C)C. The van der Waals surface area contributed by atoms with Gasteiger partial charge in [0.2, 0.25) is 11.8 Å². The topological polar surface area (TPSA) is 171 Å². The summed E-state index contributed by atoms with van der Waals surface area (Å²) in [6.07, 6.45) is 3.17. The van der Waals surface area contributed by atoms with Gasteiger partial charge in [0.05, 0.1) is 12.1 Å². The molecule has 0 saturated carbocycles. The van der Waals surface area contributed by atoms with Crippen LogP contribution in [0.1, 0.15) is 115 Å². The molecule has 3 N–H and O–H groups in total. The number of esters is 1. The predicted molar refractivity (Wildman–Crippen MR) is 204 cm³/mol. The number of rotatable bonds is 17. The fourth-order valence-electron chi connectivity index (χ4n) is 6.59. The van der Waals surface area contributed by atoms with Gasteiger partial charge in [-0.15, -0.1) is 22.7 Å². The van der Waals surface area contributed by atoms with E-state index in [9.17, 15) is 29.1 Å². The minimum absolute atomic E-state index is 0.0600. The van der Waals surface area contributed by atoms with Gasteiger partial charge in [0.25, 0.3) is 5.91 Å². The Bertz CT molecular complexity index is 1710. The summed E-state index contributed by atoms with van der Waals surface area (Å²) in [6.45, 7) is 10.0. The molecule has 6 atom stereocenters. The van der Waals surface area contributed by atoms with Gasteiger partial charge >= 0.3 is 11.9 Å². The molecule has 1 unspecified atom stereocenters. The Hall–Kier alpha value is -4.21. The van der Waals surface area contributed by atoms with E-state index in [-0.39, 0.29) is 47.5 Å². The molecular formula is C38H52N6O7S2. The minimum Gasteiger partial charge on any atom is -0.476 e. The number of benzene rings is 1. The summed E-state index contributed by atoms with van der Waals surface area (Å²) in [6, 6.07) is 7.43. The van der Waals surface area contributed by atoms with Gasteiger partial charge in [-0.2, -0.15) is 0 Å². The highest BCUT2D eigenvalue weighted by atomic mass is 32.1. The smallest absolute Gasteiger partial charge is 0.355 e. The second-order valence-electron chi connectivity index (χ2n) is 14.1. The number of carboxylic acids is 1. The van der Waals surface area contributed by atoms with E-state index in [0.29, 0.717) is 22.9 Å². The summed E-state index contributed by atoms with van der Waals surface area (Å²) in [5.41, 5.74) is 0.928. The Kier molecular flexibility index (Phi) is 15.1. The molecule has 15 heteroatoms. The Balaban J connectivity index is 1.54. The first kappa shape index (κ1) is 41.5. The molecule has 3 aromatic rings. The Morgan fingerprint density at radius 1 is 1.00 bits per heavy atom. The van der Waals surface area contributed by atoms with Crippen LogP contribution < -0.4 is 10.6 Å². The third kappa shape index (κ3) is 11.2. The lowest BCUT2D eigenvalue weighted by molar-refractivity contribution is -0.149. The zero-order chi connectivity index (χ0) is 38.8. The van der Waals surface area contributed by atoms with Gasteiger partial charge in [-0.25, -0.2) is 14.8 Å². The third-order valence-electron chi connectivity index (χ3n) is 9.89. The summed E-state index contributed by atoms with van der Waals surface area (Å²) in [5, 5.41) is 19.3. The second-order valence-corrected chi connectivity index (χ2v) is 15.9. The average Bonchev–Trinajstić information content (AvgIpc) is 3.83. The number of ether oxygens (including phenoxy) is 1. The van der Waals surface area contributed by atoms with Crippen LogP contribution in [-0.2, 0) is 25.5 Å². The molecule has 0 aliphatic carbocycles. The number of nitrogens with one attached hydrogen (secondary N) is 2. The van der Waals surface area contributed by atoms with Gasteiger partial charge < -0.3 is 25.4 Å². The second kappa shape index (κ2) is 19.2. The standard InChI is InChI=1S/C38H52N6O7S2/c1-8-23(4)32(42-34(47)29-16-12-13-17-43(29)6)37(48)44(7)30(22(2)3)19-31(51-24(5)45)36-40-27(20-53-36)33(46)39-26(18-25-14-10-9-11-15-25)35-41-28(21-52-35)38(49)50/h9-11,14-15,20-23,26,29-32H,8,12-13,16-19H2,1-7H3,(H,39,46)(H,42,47)(H,49,50)/t23-,26?,29+,30+,31+,32-/m0/s1. The number of amides is 3. The average molecular weight is 769 g/mol. The first-order valence-electron chi connectivity index (χ1n) is 18.1. The highest BCUT2D eigenvalue weighted by Crippen LogP contribution is 2.32. The first-order valence-corrected chi connectivity index (χ1v) is 19.9. The number of aromatic nitrogens is 2. The van der Waals surface area contributed by atoms with Crippen LogP contribution in [0.15, 0.2) is 41.1 Å². The maximum atomic E-state index is 14.2. The largest absolute Gasteiger partial charge is 0.476 e. The van der Waals surface area contributed by atoms with E-state index in [1.807, 2.05) is 70.0 Å². The van der Waals surface area contributed by atoms with Gasteiger partial charge in [0, 0.05) is 37.2 Å². The number of likely N-dealkylation sites (N-methyl/N-ethyl adjacent to an activating group) is 2. The quantitative estimate of drug-likeness (QED) is 0.149. The van der Waals surface area contributed by atoms with Gasteiger partial charge in [-0.05, 0) is 50.3 Å². The van der Waals surface area contributed by atoms with Crippen LogP contribution in [0.2, 0.25) is 0 Å². The maximum absolute atomic E-state index is 14.2. The minimum atomic E-state index is -1.16. The molecule has 1 saturated heterocycles. The Morgan fingerprint density at radius 3 is 2.26 bits per heavy atom. The van der Waals surface area contributed by atoms with Crippen LogP contribution in [0, 0.1) is 11.8 Å². The Labute approximate surface area is 319 Å². The number of carbonyl (C=O) groups is 5. The van der Waals surface area contributed by atoms with E-state index >= 15 is 0 Å². The van der Waals surface area contributed by atoms with E-state index in [4.69, 9.17) is 4.74 Å². The number of thiazole rings is 2. The van der Waals surface area contributed by atoms with Crippen LogP contribution in [0.4, 0.5) is 0 Å². The normalized spacial score (nSPS) is 17.6. The molecule has 53 heavy (non-hydrogen) atoms. The lowest BCUT2D eigenvalue weighted by Gasteiger charge is -2.38. The summed E-state index contributed by atoms with van der Waals surface area (Å²) in [7, 11) is 3.65. The molecule has 0 bridgehead atoms. The predicted octanol–water partition coefficient (Wildman–Crippen LogP) is 5.50. The number of hydrogen-bond acceptors (Lipinski definition) is 11. The van der Waals surface area contributed by atoms with Crippen molar-refractivity contribution in [2.45, 2.75) is 103 Å². The molecular weight excluding hydrogens is 717 g/mol. The van der Waals surface area contributed by atoms with Crippen molar-refractivity contribution >= 4 is 52.3 Å². The Morgan fingerprint density at radius 2 is 1.66 bits per heavy atom. The van der Waals surface area contributed by atoms with Crippen LogP contribution >= 0.6 is 22.7 Å². The zero-order valence-corrected chi connectivity index (χ0v) is 33.2. The van der Waals surface area contributed by atoms with Crippen LogP contribution in [0.3, 0.4) is 0 Å². The fraction of sp³-hybridized carbons (Fsp3) is 0.553. The molecule has 0 spiro atoms. The molecule has 13 nitrogen and oxygen atoms in total. The number of carbonyl (C=O) groups excluding carboxylic acids is 4. The van der Waals surface area contributed by atoms with Crippen molar-refractivity contribution < 1.29 is 33.8 Å². The van der Waals surface area contributed by atoms with Crippen LogP contribution in [0.5, 0.6) is 0 Å². The lowest BCUT2D eigenvalue weighted by atomic mass is 9.92. The van der Waals surface area contributed by atoms with E-state index < -0.39 is 42.1 Å². The van der Waals surface area contributed by atoms with E-state index in [2.05, 4.69) is 20.6 Å².